The van der Waals surface area contributed by atoms with Gasteiger partial charge in [0.05, 0.1) is 13.2 Å². The third kappa shape index (κ3) is 4.99. The molecular weight excluding hydrogens is 334 g/mol. The number of nitrogens with zero attached hydrogens (tertiary/aromatic N) is 1. The van der Waals surface area contributed by atoms with Crippen LogP contribution < -0.4 is 14.4 Å². The highest BCUT2D eigenvalue weighted by Crippen LogP contribution is 2.30. The molecule has 2 rings (SSSR count). The molecule has 6 heteroatoms. The van der Waals surface area contributed by atoms with Crippen molar-refractivity contribution in [3.05, 3.63) is 54.1 Å². The molecule has 0 heterocycles. The Morgan fingerprint density at radius 2 is 1.73 bits per heavy atom. The highest BCUT2D eigenvalue weighted by Gasteiger charge is 2.21. The number of carbonyl (C=O) groups is 2. The van der Waals surface area contributed by atoms with E-state index < -0.39 is 18.4 Å². The molecule has 2 aromatic rings. The zero-order valence-corrected chi connectivity index (χ0v) is 15.0. The molecule has 0 saturated carbocycles. The van der Waals surface area contributed by atoms with E-state index in [4.69, 9.17) is 9.47 Å². The lowest BCUT2D eigenvalue weighted by Gasteiger charge is -2.21. The summed E-state index contributed by atoms with van der Waals surface area (Å²) in [4.78, 5) is 25.4. The van der Waals surface area contributed by atoms with Crippen LogP contribution in [0.3, 0.4) is 0 Å². The Hall–Kier alpha value is -3.02. The summed E-state index contributed by atoms with van der Waals surface area (Å²) >= 11 is 0. The third-order valence-electron chi connectivity index (χ3n) is 3.56. The molecule has 138 valence electrons. The Kier molecular flexibility index (Phi) is 7.02. The molecule has 0 bridgehead atoms. The van der Waals surface area contributed by atoms with Crippen molar-refractivity contribution in [1.29, 1.82) is 0 Å². The van der Waals surface area contributed by atoms with Crippen LogP contribution in [0.1, 0.15) is 30.6 Å². The van der Waals surface area contributed by atoms with E-state index in [1.165, 1.54) is 4.90 Å². The molecule has 1 N–H and O–H groups in total. The minimum Gasteiger partial charge on any atom is -0.490 e. The second-order valence-electron chi connectivity index (χ2n) is 5.56. The summed E-state index contributed by atoms with van der Waals surface area (Å²) in [6.45, 7) is 4.39. The second-order valence-corrected chi connectivity index (χ2v) is 5.56. The molecule has 0 aliphatic rings. The molecule has 0 aliphatic carbocycles. The van der Waals surface area contributed by atoms with E-state index in [-0.39, 0.29) is 0 Å². The van der Waals surface area contributed by atoms with Crippen molar-refractivity contribution >= 4 is 17.6 Å². The van der Waals surface area contributed by atoms with Gasteiger partial charge in [0.15, 0.2) is 11.5 Å². The number of para-hydroxylation sites is 1. The van der Waals surface area contributed by atoms with E-state index in [0.717, 1.165) is 6.42 Å². The molecule has 0 unspecified atom stereocenters. The summed E-state index contributed by atoms with van der Waals surface area (Å²) in [5.74, 6) is -0.471. The molecule has 6 nitrogen and oxygen atoms in total. The minimum absolute atomic E-state index is 0.336. The van der Waals surface area contributed by atoms with E-state index >= 15 is 0 Å². The summed E-state index contributed by atoms with van der Waals surface area (Å²) in [5.41, 5.74) is 0.853. The Balaban J connectivity index is 2.35. The maximum atomic E-state index is 12.9. The number of amides is 1. The second kappa shape index (κ2) is 9.46. The van der Waals surface area contributed by atoms with E-state index in [2.05, 4.69) is 0 Å². The molecule has 1 amide bonds. The van der Waals surface area contributed by atoms with Crippen molar-refractivity contribution in [2.75, 3.05) is 24.7 Å². The number of carboxylic acids is 1. The maximum Gasteiger partial charge on any atom is 0.323 e. The van der Waals surface area contributed by atoms with Gasteiger partial charge in [-0.05, 0) is 43.7 Å². The van der Waals surface area contributed by atoms with Gasteiger partial charge in [0.2, 0.25) is 0 Å². The summed E-state index contributed by atoms with van der Waals surface area (Å²) in [6.07, 6.45) is 0.854. The van der Waals surface area contributed by atoms with Gasteiger partial charge >= 0.3 is 5.97 Å². The zero-order valence-electron chi connectivity index (χ0n) is 15.0. The molecule has 0 atom stereocenters. The minimum atomic E-state index is -1.09. The number of carboxylic acid groups (broad SMARTS) is 1. The Labute approximate surface area is 153 Å². The normalized spacial score (nSPS) is 10.2. The van der Waals surface area contributed by atoms with Crippen LogP contribution in [0.2, 0.25) is 0 Å². The van der Waals surface area contributed by atoms with Crippen molar-refractivity contribution < 1.29 is 24.2 Å². The summed E-state index contributed by atoms with van der Waals surface area (Å²) in [7, 11) is 0. The predicted octanol–water partition coefficient (Wildman–Crippen LogP) is 3.61. The van der Waals surface area contributed by atoms with Gasteiger partial charge in [0.1, 0.15) is 6.54 Å². The monoisotopic (exact) mass is 357 g/mol. The van der Waals surface area contributed by atoms with Crippen LogP contribution in [-0.4, -0.2) is 36.7 Å². The van der Waals surface area contributed by atoms with Crippen molar-refractivity contribution in [2.24, 2.45) is 0 Å². The Morgan fingerprint density at radius 1 is 1.00 bits per heavy atom. The van der Waals surface area contributed by atoms with Crippen LogP contribution in [0.15, 0.2) is 48.5 Å². The molecule has 0 fully saturated rings. The van der Waals surface area contributed by atoms with Gasteiger partial charge in [-0.15, -0.1) is 0 Å². The van der Waals surface area contributed by atoms with Crippen LogP contribution >= 0.6 is 0 Å². The number of rotatable bonds is 9. The van der Waals surface area contributed by atoms with E-state index in [1.54, 1.807) is 48.5 Å². The van der Waals surface area contributed by atoms with Crippen molar-refractivity contribution in [3.8, 4) is 11.5 Å². The first-order chi connectivity index (χ1) is 12.6. The van der Waals surface area contributed by atoms with Gasteiger partial charge in [-0.1, -0.05) is 25.1 Å². The predicted molar refractivity (Wildman–Crippen MR) is 99.2 cm³/mol. The van der Waals surface area contributed by atoms with Crippen LogP contribution in [0.25, 0.3) is 0 Å². The van der Waals surface area contributed by atoms with Gasteiger partial charge in [-0.3, -0.25) is 14.5 Å². The largest absolute Gasteiger partial charge is 0.490 e. The fourth-order valence-corrected chi connectivity index (χ4v) is 2.42. The molecular formula is C20H23NO5. The van der Waals surface area contributed by atoms with Crippen molar-refractivity contribution in [2.45, 2.75) is 20.3 Å². The van der Waals surface area contributed by atoms with E-state index in [1.807, 2.05) is 13.8 Å². The number of aliphatic carboxylic acids is 1. The fourth-order valence-electron chi connectivity index (χ4n) is 2.42. The van der Waals surface area contributed by atoms with E-state index in [9.17, 15) is 14.7 Å². The summed E-state index contributed by atoms with van der Waals surface area (Å²) in [6, 6.07) is 13.6. The van der Waals surface area contributed by atoms with Crippen molar-refractivity contribution in [3.63, 3.8) is 0 Å². The lowest BCUT2D eigenvalue weighted by atomic mass is 10.1. The fraction of sp³-hybridized carbons (Fsp3) is 0.300. The first-order valence-corrected chi connectivity index (χ1v) is 8.55. The molecule has 0 aliphatic heterocycles. The third-order valence-corrected chi connectivity index (χ3v) is 3.56. The lowest BCUT2D eigenvalue weighted by molar-refractivity contribution is -0.135. The highest BCUT2D eigenvalue weighted by molar-refractivity contribution is 6.08. The smallest absolute Gasteiger partial charge is 0.323 e. The number of hydrogen-bond acceptors (Lipinski definition) is 4. The molecule has 0 radical (unpaired) electrons. The van der Waals surface area contributed by atoms with Crippen LogP contribution in [0, 0.1) is 0 Å². The van der Waals surface area contributed by atoms with E-state index in [0.29, 0.717) is 36.0 Å². The SMILES string of the molecule is CCCOc1ccc(C(=O)N(CC(=O)O)c2ccccc2)cc1OCC. The van der Waals surface area contributed by atoms with Crippen LogP contribution in [0.4, 0.5) is 5.69 Å². The van der Waals surface area contributed by atoms with Gasteiger partial charge in [-0.25, -0.2) is 0 Å². The summed E-state index contributed by atoms with van der Waals surface area (Å²) < 4.78 is 11.2. The van der Waals surface area contributed by atoms with Gasteiger partial charge in [0, 0.05) is 11.3 Å². The molecule has 0 spiro atoms. The number of benzene rings is 2. The van der Waals surface area contributed by atoms with Gasteiger partial charge in [0.25, 0.3) is 5.91 Å². The van der Waals surface area contributed by atoms with Crippen molar-refractivity contribution in [1.82, 2.24) is 0 Å². The lowest BCUT2D eigenvalue weighted by Crippen LogP contribution is -2.35. The summed E-state index contributed by atoms with van der Waals surface area (Å²) in [5, 5.41) is 9.18. The number of hydrogen-bond donors (Lipinski definition) is 1. The quantitative estimate of drug-likeness (QED) is 0.742. The highest BCUT2D eigenvalue weighted by atomic mass is 16.5. The molecule has 0 aromatic heterocycles. The number of carbonyl (C=O) groups excluding carboxylic acids is 1. The first kappa shape index (κ1) is 19.3. The van der Waals surface area contributed by atoms with Crippen LogP contribution in [-0.2, 0) is 4.79 Å². The Morgan fingerprint density at radius 3 is 2.35 bits per heavy atom. The van der Waals surface area contributed by atoms with Crippen LogP contribution in [0.5, 0.6) is 11.5 Å². The molecule has 2 aromatic carbocycles. The Bertz CT molecular complexity index is 745. The number of anilines is 1. The average molecular weight is 357 g/mol. The van der Waals surface area contributed by atoms with Gasteiger partial charge in [-0.2, -0.15) is 0 Å². The molecule has 26 heavy (non-hydrogen) atoms. The number of ether oxygens (including phenoxy) is 2. The average Bonchev–Trinajstić information content (AvgIpc) is 2.65. The first-order valence-electron chi connectivity index (χ1n) is 8.55. The standard InChI is InChI=1S/C20H23NO5/c1-3-12-26-17-11-10-15(13-18(17)25-4-2)20(24)21(14-19(22)23)16-8-6-5-7-9-16/h5-11,13H,3-4,12,14H2,1-2H3,(H,22,23). The maximum absolute atomic E-state index is 12.9. The zero-order chi connectivity index (χ0) is 18.9. The topological polar surface area (TPSA) is 76.1 Å². The van der Waals surface area contributed by atoms with Gasteiger partial charge < -0.3 is 14.6 Å². The molecule has 0 saturated heterocycles.